The van der Waals surface area contributed by atoms with Crippen LogP contribution in [0.25, 0.3) is 11.1 Å². The van der Waals surface area contributed by atoms with Gasteiger partial charge in [0.15, 0.2) is 0 Å². The topological polar surface area (TPSA) is 183 Å². The summed E-state index contributed by atoms with van der Waals surface area (Å²) in [6, 6.07) is 13.1. The van der Waals surface area contributed by atoms with E-state index >= 15 is 0 Å². The van der Waals surface area contributed by atoms with E-state index in [9.17, 15) is 14.7 Å². The molecule has 8 rings (SSSR count). The van der Waals surface area contributed by atoms with Crippen molar-refractivity contribution in [2.24, 2.45) is 22.4 Å². The van der Waals surface area contributed by atoms with Crippen molar-refractivity contribution in [1.82, 2.24) is 29.9 Å². The van der Waals surface area contributed by atoms with Crippen molar-refractivity contribution in [3.05, 3.63) is 83.4 Å². The second-order valence-electron chi connectivity index (χ2n) is 16.3. The lowest BCUT2D eigenvalue weighted by Gasteiger charge is -2.43. The fourth-order valence-corrected chi connectivity index (χ4v) is 7.84. The van der Waals surface area contributed by atoms with Gasteiger partial charge < -0.3 is 41.8 Å². The Morgan fingerprint density at radius 2 is 1.82 bits per heavy atom. The fourth-order valence-electron chi connectivity index (χ4n) is 7.84. The van der Waals surface area contributed by atoms with Crippen LogP contribution in [0.4, 0.5) is 11.4 Å². The van der Waals surface area contributed by atoms with E-state index in [0.717, 1.165) is 98.5 Å². The molecule has 0 bridgehead atoms. The summed E-state index contributed by atoms with van der Waals surface area (Å²) in [5.74, 6) is 0.755. The number of amidine groups is 1. The molecular formula is C43H61N11O3. The summed E-state index contributed by atoms with van der Waals surface area (Å²) >= 11 is 0. The number of benzene rings is 1. The third-order valence-corrected chi connectivity index (χ3v) is 11.6. The zero-order chi connectivity index (χ0) is 40.9. The minimum Gasteiger partial charge on any atom is -0.513 e. The van der Waals surface area contributed by atoms with Gasteiger partial charge in [-0.2, -0.15) is 5.10 Å². The summed E-state index contributed by atoms with van der Waals surface area (Å²) in [6.07, 6.45) is 13.5. The zero-order valence-corrected chi connectivity index (χ0v) is 34.4. The van der Waals surface area contributed by atoms with E-state index in [1.165, 1.54) is 18.5 Å². The second-order valence-corrected chi connectivity index (χ2v) is 16.3. The van der Waals surface area contributed by atoms with Crippen LogP contribution >= 0.6 is 0 Å². The van der Waals surface area contributed by atoms with Gasteiger partial charge >= 0.3 is 0 Å². The van der Waals surface area contributed by atoms with Crippen LogP contribution in [0.5, 0.6) is 0 Å². The van der Waals surface area contributed by atoms with E-state index < -0.39 is 0 Å². The van der Waals surface area contributed by atoms with E-state index in [-0.39, 0.29) is 35.1 Å². The molecule has 2 aliphatic carbocycles. The number of amides is 1. The molecule has 1 atom stereocenters. The summed E-state index contributed by atoms with van der Waals surface area (Å²) in [5, 5.41) is 21.1. The van der Waals surface area contributed by atoms with Crippen LogP contribution in [0.2, 0.25) is 0 Å². The summed E-state index contributed by atoms with van der Waals surface area (Å²) < 4.78 is 2.21. The number of aliphatic hydroxyl groups is 1. The van der Waals surface area contributed by atoms with Gasteiger partial charge in [-0.05, 0) is 84.0 Å². The number of pyridine rings is 1. The van der Waals surface area contributed by atoms with Crippen molar-refractivity contribution in [3.8, 4) is 11.1 Å². The number of anilines is 2. The first-order chi connectivity index (χ1) is 27.4. The Morgan fingerprint density at radius 3 is 2.39 bits per heavy atom. The second kappa shape index (κ2) is 17.9. The first-order valence-corrected chi connectivity index (χ1v) is 20.3. The Hall–Kier alpha value is -5.21. The van der Waals surface area contributed by atoms with Crippen molar-refractivity contribution >= 4 is 29.4 Å². The van der Waals surface area contributed by atoms with Crippen LogP contribution in [0, 0.1) is 5.92 Å². The highest BCUT2D eigenvalue weighted by molar-refractivity contribution is 5.95. The van der Waals surface area contributed by atoms with Gasteiger partial charge in [-0.1, -0.05) is 25.1 Å². The lowest BCUT2D eigenvalue weighted by atomic mass is 9.91. The Bertz CT molecular complexity index is 1990. The molecule has 306 valence electrons. The number of para-hydroxylation sites is 1. The number of hydrogen-bond donors (Lipinski definition) is 5. The molecule has 2 saturated heterocycles. The van der Waals surface area contributed by atoms with Gasteiger partial charge in [-0.15, -0.1) is 0 Å². The molecule has 2 aromatic heterocycles. The monoisotopic (exact) mass is 779 g/mol. The summed E-state index contributed by atoms with van der Waals surface area (Å²) in [5.41, 5.74) is 19.2. The van der Waals surface area contributed by atoms with Crippen LogP contribution in [-0.4, -0.2) is 100 Å². The number of nitrogens with one attached hydrogen (secondary N) is 2. The number of hydrogen-bond acceptors (Lipinski definition) is 11. The Labute approximate surface area is 337 Å². The zero-order valence-electron chi connectivity index (χ0n) is 34.4. The highest BCUT2D eigenvalue weighted by atomic mass is 16.2. The van der Waals surface area contributed by atoms with E-state index in [1.807, 2.05) is 48.5 Å². The SMILES string of the molecule is CCC1c2c(cnn2C2CN(Cc3cccc(C(=O)N4CCCC4(C)C)n3)C2)-c2cccc(NC(=C/C(N)=NC)/C(N)=C\O)c2N1C.CNC1CC1.O=CC1CC1. The number of aliphatic imine (C=N–C) groups is 1. The molecule has 1 unspecified atom stereocenters. The molecule has 1 amide bonds. The number of aliphatic hydroxyl groups excluding tert-OH is 1. The highest BCUT2D eigenvalue weighted by Gasteiger charge is 2.39. The quantitative estimate of drug-likeness (QED) is 0.0543. The maximum absolute atomic E-state index is 13.3. The van der Waals surface area contributed by atoms with Gasteiger partial charge in [-0.25, -0.2) is 4.98 Å². The first-order valence-electron chi connectivity index (χ1n) is 20.3. The number of nitrogens with two attached hydrogens (primary N) is 2. The number of aldehydes is 1. The molecule has 5 aliphatic rings. The number of fused-ring (bicyclic) bond motifs is 3. The molecule has 57 heavy (non-hydrogen) atoms. The molecule has 14 heteroatoms. The minimum absolute atomic E-state index is 0.0203. The fraction of sp³-hybridized carbons (Fsp3) is 0.512. The summed E-state index contributed by atoms with van der Waals surface area (Å²) in [6.45, 7) is 9.63. The predicted octanol–water partition coefficient (Wildman–Crippen LogP) is 5.52. The molecule has 3 aliphatic heterocycles. The molecule has 3 aromatic rings. The number of likely N-dealkylation sites (tertiary alicyclic amines) is 2. The average Bonchev–Trinajstić information content (AvgIpc) is 4.14. The summed E-state index contributed by atoms with van der Waals surface area (Å²) in [4.78, 5) is 38.2. The molecule has 5 heterocycles. The largest absolute Gasteiger partial charge is 0.513 e. The van der Waals surface area contributed by atoms with Crippen LogP contribution in [0.3, 0.4) is 0 Å². The van der Waals surface area contributed by atoms with Crippen LogP contribution in [0.1, 0.15) is 99.7 Å². The third-order valence-electron chi connectivity index (χ3n) is 11.6. The maximum Gasteiger partial charge on any atom is 0.272 e. The van der Waals surface area contributed by atoms with Gasteiger partial charge in [0, 0.05) is 75.0 Å². The number of carbonyl (C=O) groups is 2. The van der Waals surface area contributed by atoms with Crippen molar-refractivity contribution in [2.75, 3.05) is 51.0 Å². The first kappa shape index (κ1) is 41.4. The molecule has 1 aromatic carbocycles. The molecule has 0 spiro atoms. The molecule has 0 radical (unpaired) electrons. The van der Waals surface area contributed by atoms with Crippen molar-refractivity contribution < 1.29 is 14.7 Å². The van der Waals surface area contributed by atoms with Gasteiger partial charge in [0.2, 0.25) is 0 Å². The Kier molecular flexibility index (Phi) is 13.0. The normalized spacial score (nSPS) is 20.7. The molecule has 2 saturated carbocycles. The lowest BCUT2D eigenvalue weighted by molar-refractivity contribution is -0.108. The molecule has 4 fully saturated rings. The van der Waals surface area contributed by atoms with Crippen molar-refractivity contribution in [3.63, 3.8) is 0 Å². The third kappa shape index (κ3) is 9.50. The molecule has 7 N–H and O–H groups in total. The predicted molar refractivity (Wildman–Crippen MR) is 227 cm³/mol. The number of rotatable bonds is 11. The molecule has 14 nitrogen and oxygen atoms in total. The maximum atomic E-state index is 13.3. The van der Waals surface area contributed by atoms with E-state index in [2.05, 4.69) is 64.0 Å². The molecular weight excluding hydrogens is 719 g/mol. The Morgan fingerprint density at radius 1 is 1.09 bits per heavy atom. The smallest absolute Gasteiger partial charge is 0.272 e. The van der Waals surface area contributed by atoms with Crippen LogP contribution in [0.15, 0.2) is 71.3 Å². The number of aromatic nitrogens is 3. The standard InChI is InChI=1S/C35H46N10O2.C4H9N.C4H6O/c1-6-30-33-25(24-11-8-12-27(32(24)42(30)5)41-29(26(36)21-46)16-31(37)38-4)17-39-45(33)23-19-43(20-23)18-22-10-7-13-28(40-22)34(47)44-15-9-14-35(44,2)3;1-5-4-2-3-4;5-3-4-1-2-4/h7-8,10-13,16-17,21,23,30,41,46H,6,9,14-15,18-20,36H2,1-5H3,(H2,37,38);4-5H,2-3H2,1H3;3-4H,1-2H2/b26-21+,29-16+;;. The van der Waals surface area contributed by atoms with Crippen LogP contribution in [-0.2, 0) is 11.3 Å². The minimum atomic E-state index is -0.130. The van der Waals surface area contributed by atoms with E-state index in [4.69, 9.17) is 21.5 Å². The lowest BCUT2D eigenvalue weighted by Crippen LogP contribution is -2.48. The van der Waals surface area contributed by atoms with E-state index in [1.54, 1.807) is 13.1 Å². The van der Waals surface area contributed by atoms with Gasteiger partial charge in [0.05, 0.1) is 52.4 Å². The Balaban J connectivity index is 0.000000478. The van der Waals surface area contributed by atoms with Gasteiger partial charge in [0.25, 0.3) is 5.91 Å². The summed E-state index contributed by atoms with van der Waals surface area (Å²) in [7, 11) is 5.71. The van der Waals surface area contributed by atoms with E-state index in [0.29, 0.717) is 23.9 Å². The van der Waals surface area contributed by atoms with Crippen LogP contribution < -0.4 is 27.0 Å². The van der Waals surface area contributed by atoms with Crippen molar-refractivity contribution in [2.45, 2.75) is 95.9 Å². The van der Waals surface area contributed by atoms with Gasteiger partial charge in [-0.3, -0.25) is 19.4 Å². The number of carbonyl (C=O) groups excluding carboxylic acids is 2. The number of nitrogens with zero attached hydrogens (tertiary/aromatic N) is 7. The van der Waals surface area contributed by atoms with Gasteiger partial charge in [0.1, 0.15) is 24.1 Å². The van der Waals surface area contributed by atoms with Crippen molar-refractivity contribution in [1.29, 1.82) is 0 Å². The average molecular weight is 780 g/mol. The highest BCUT2D eigenvalue weighted by Crippen LogP contribution is 2.49.